The Kier molecular flexibility index (Phi) is 4.45. The Morgan fingerprint density at radius 3 is 2.40 bits per heavy atom. The second kappa shape index (κ2) is 7.04. The summed E-state index contributed by atoms with van der Waals surface area (Å²) in [5.41, 5.74) is -0.401. The van der Waals surface area contributed by atoms with Crippen LogP contribution in [-0.2, 0) is 0 Å². The second-order valence-corrected chi connectivity index (χ2v) is 9.02. The topological polar surface area (TPSA) is 93.2 Å². The molecule has 4 aliphatic carbocycles. The van der Waals surface area contributed by atoms with Crippen molar-refractivity contribution in [3.8, 4) is 5.88 Å². The maximum atomic E-state index is 13.4. The highest BCUT2D eigenvalue weighted by Gasteiger charge is 2.59. The number of hydrogen-bond donors (Lipinski definition) is 2. The molecule has 2 unspecified atom stereocenters. The van der Waals surface area contributed by atoms with Crippen LogP contribution in [0.4, 0.5) is 9.18 Å². The number of halogens is 1. The SMILES string of the molecule is O=C(NC12CC3CC(C1)CC(NC(=O)c1ccccn1)(C3)C2)Oc1cc(F)ccn1. The molecule has 0 spiro atoms. The summed E-state index contributed by atoms with van der Waals surface area (Å²) in [6.07, 6.45) is 7.52. The number of amides is 2. The van der Waals surface area contributed by atoms with Crippen LogP contribution in [0.5, 0.6) is 5.88 Å². The first kappa shape index (κ1) is 19.0. The van der Waals surface area contributed by atoms with E-state index in [1.165, 1.54) is 12.3 Å². The molecule has 0 aliphatic heterocycles. The first-order valence-electron chi connectivity index (χ1n) is 10.3. The minimum atomic E-state index is -0.638. The van der Waals surface area contributed by atoms with Crippen molar-refractivity contribution in [2.75, 3.05) is 0 Å². The molecule has 2 aromatic heterocycles. The zero-order valence-electron chi connectivity index (χ0n) is 16.4. The highest BCUT2D eigenvalue weighted by molar-refractivity contribution is 5.92. The standard InChI is InChI=1S/C22H23FN4O3/c23-16-4-6-25-18(8-16)30-20(29)27-22-11-14-7-15(12-22)10-21(9-14,13-22)26-19(28)17-3-1-2-5-24-17/h1-6,8,14-15H,7,9-13H2,(H,26,28)(H,27,29). The lowest BCUT2D eigenvalue weighted by molar-refractivity contribution is -0.0450. The third-order valence-electron chi connectivity index (χ3n) is 6.60. The first-order chi connectivity index (χ1) is 14.4. The summed E-state index contributed by atoms with van der Waals surface area (Å²) in [5.74, 6) is 0.0965. The Labute approximate surface area is 173 Å². The molecule has 0 aromatic carbocycles. The van der Waals surface area contributed by atoms with Crippen LogP contribution in [0.25, 0.3) is 0 Å². The first-order valence-corrected chi connectivity index (χ1v) is 10.3. The van der Waals surface area contributed by atoms with E-state index in [2.05, 4.69) is 20.6 Å². The van der Waals surface area contributed by atoms with Crippen LogP contribution in [0.15, 0.2) is 42.7 Å². The average molecular weight is 410 g/mol. The zero-order chi connectivity index (χ0) is 20.8. The molecule has 7 nitrogen and oxygen atoms in total. The molecule has 2 heterocycles. The molecular weight excluding hydrogens is 387 g/mol. The largest absolute Gasteiger partial charge is 0.414 e. The van der Waals surface area contributed by atoms with Gasteiger partial charge in [-0.2, -0.15) is 0 Å². The van der Waals surface area contributed by atoms with Crippen LogP contribution in [0.3, 0.4) is 0 Å². The Morgan fingerprint density at radius 2 is 1.73 bits per heavy atom. The fourth-order valence-corrected chi connectivity index (χ4v) is 6.14. The number of aromatic nitrogens is 2. The van der Waals surface area contributed by atoms with Crippen molar-refractivity contribution < 1.29 is 18.7 Å². The third kappa shape index (κ3) is 3.62. The Morgan fingerprint density at radius 1 is 1.00 bits per heavy atom. The Hall–Kier alpha value is -3.03. The molecule has 2 atom stereocenters. The minimum absolute atomic E-state index is 0.0737. The van der Waals surface area contributed by atoms with Gasteiger partial charge in [0, 0.05) is 29.5 Å². The quantitative estimate of drug-likeness (QED) is 0.807. The molecule has 4 aliphatic rings. The van der Waals surface area contributed by atoms with Gasteiger partial charge >= 0.3 is 6.09 Å². The molecule has 4 fully saturated rings. The Balaban J connectivity index is 1.32. The summed E-state index contributed by atoms with van der Waals surface area (Å²) in [6, 6.07) is 7.54. The lowest BCUT2D eigenvalue weighted by Gasteiger charge is -2.61. The van der Waals surface area contributed by atoms with E-state index in [-0.39, 0.29) is 17.3 Å². The van der Waals surface area contributed by atoms with Gasteiger partial charge in [-0.1, -0.05) is 6.07 Å². The lowest BCUT2D eigenvalue weighted by Crippen LogP contribution is -2.70. The van der Waals surface area contributed by atoms with E-state index < -0.39 is 17.4 Å². The van der Waals surface area contributed by atoms with Crippen LogP contribution in [0.1, 0.15) is 49.0 Å². The minimum Gasteiger partial charge on any atom is -0.391 e. The van der Waals surface area contributed by atoms with Crippen LogP contribution in [0, 0.1) is 17.7 Å². The molecule has 2 amide bonds. The summed E-state index contributed by atoms with van der Waals surface area (Å²) in [5, 5.41) is 6.28. The summed E-state index contributed by atoms with van der Waals surface area (Å²) < 4.78 is 18.6. The average Bonchev–Trinajstić information content (AvgIpc) is 2.66. The van der Waals surface area contributed by atoms with Crippen molar-refractivity contribution in [2.24, 2.45) is 11.8 Å². The van der Waals surface area contributed by atoms with E-state index in [1.54, 1.807) is 24.4 Å². The number of ether oxygens (including phenoxy) is 1. The van der Waals surface area contributed by atoms with Crippen molar-refractivity contribution >= 4 is 12.0 Å². The van der Waals surface area contributed by atoms with Crippen LogP contribution in [0.2, 0.25) is 0 Å². The zero-order valence-corrected chi connectivity index (χ0v) is 16.4. The summed E-state index contributed by atoms with van der Waals surface area (Å²) in [4.78, 5) is 33.4. The van der Waals surface area contributed by atoms with Crippen molar-refractivity contribution in [3.63, 3.8) is 0 Å². The van der Waals surface area contributed by atoms with Gasteiger partial charge in [0.1, 0.15) is 11.5 Å². The number of carbonyl (C=O) groups excluding carboxylic acids is 2. The van der Waals surface area contributed by atoms with Gasteiger partial charge in [0.05, 0.1) is 0 Å². The molecule has 156 valence electrons. The molecule has 0 radical (unpaired) electrons. The fraction of sp³-hybridized carbons (Fsp3) is 0.455. The van der Waals surface area contributed by atoms with Crippen LogP contribution < -0.4 is 15.4 Å². The molecule has 2 aromatic rings. The van der Waals surface area contributed by atoms with Gasteiger partial charge in [-0.05, 0) is 68.6 Å². The van der Waals surface area contributed by atoms with Gasteiger partial charge in [0.2, 0.25) is 5.88 Å². The molecule has 8 heteroatoms. The molecule has 6 rings (SSSR count). The fourth-order valence-electron chi connectivity index (χ4n) is 6.14. The van der Waals surface area contributed by atoms with E-state index >= 15 is 0 Å². The predicted octanol–water partition coefficient (Wildman–Crippen LogP) is 3.23. The van der Waals surface area contributed by atoms with E-state index in [4.69, 9.17) is 4.74 Å². The normalized spacial score (nSPS) is 31.2. The van der Waals surface area contributed by atoms with Gasteiger partial charge in [-0.3, -0.25) is 9.78 Å². The van der Waals surface area contributed by atoms with Gasteiger partial charge in [-0.25, -0.2) is 14.2 Å². The van der Waals surface area contributed by atoms with E-state index in [0.29, 0.717) is 24.0 Å². The van der Waals surface area contributed by atoms with Crippen molar-refractivity contribution in [2.45, 2.75) is 49.6 Å². The number of nitrogens with one attached hydrogen (secondary N) is 2. The molecule has 0 saturated heterocycles. The van der Waals surface area contributed by atoms with Gasteiger partial charge in [-0.15, -0.1) is 0 Å². The number of rotatable bonds is 4. The van der Waals surface area contributed by atoms with Crippen LogP contribution in [-0.4, -0.2) is 33.0 Å². The molecular formula is C22H23FN4O3. The highest BCUT2D eigenvalue weighted by atomic mass is 19.1. The summed E-state index contributed by atoms with van der Waals surface area (Å²) in [6.45, 7) is 0. The highest BCUT2D eigenvalue weighted by Crippen LogP contribution is 2.57. The van der Waals surface area contributed by atoms with Gasteiger partial charge in [0.25, 0.3) is 5.91 Å². The van der Waals surface area contributed by atoms with Gasteiger partial charge < -0.3 is 15.4 Å². The van der Waals surface area contributed by atoms with E-state index in [0.717, 1.165) is 38.2 Å². The predicted molar refractivity (Wildman–Crippen MR) is 105 cm³/mol. The smallest absolute Gasteiger partial charge is 0.391 e. The lowest BCUT2D eigenvalue weighted by atomic mass is 9.50. The molecule has 4 bridgehead atoms. The monoisotopic (exact) mass is 410 g/mol. The summed E-state index contributed by atoms with van der Waals surface area (Å²) in [7, 11) is 0. The summed E-state index contributed by atoms with van der Waals surface area (Å²) >= 11 is 0. The second-order valence-electron chi connectivity index (χ2n) is 9.02. The Bertz CT molecular complexity index is 969. The third-order valence-corrected chi connectivity index (χ3v) is 6.60. The van der Waals surface area contributed by atoms with Crippen molar-refractivity contribution in [1.29, 1.82) is 0 Å². The van der Waals surface area contributed by atoms with Gasteiger partial charge in [0.15, 0.2) is 0 Å². The molecule has 2 N–H and O–H groups in total. The van der Waals surface area contributed by atoms with Crippen LogP contribution >= 0.6 is 0 Å². The number of pyridine rings is 2. The molecule has 30 heavy (non-hydrogen) atoms. The molecule has 4 saturated carbocycles. The van der Waals surface area contributed by atoms with E-state index in [9.17, 15) is 14.0 Å². The van der Waals surface area contributed by atoms with E-state index in [1.807, 2.05) is 0 Å². The maximum absolute atomic E-state index is 13.4. The number of hydrogen-bond acceptors (Lipinski definition) is 5. The number of nitrogens with zero attached hydrogens (tertiary/aromatic N) is 2. The number of carbonyl (C=O) groups is 2. The maximum Gasteiger partial charge on any atom is 0.414 e. The van der Waals surface area contributed by atoms with Crippen molar-refractivity contribution in [3.05, 3.63) is 54.2 Å². The van der Waals surface area contributed by atoms with Crippen molar-refractivity contribution in [1.82, 2.24) is 20.6 Å².